The van der Waals surface area contributed by atoms with E-state index in [-0.39, 0.29) is 17.2 Å². The number of aromatic nitrogens is 2. The van der Waals surface area contributed by atoms with E-state index in [2.05, 4.69) is 64.3 Å². The predicted octanol–water partition coefficient (Wildman–Crippen LogP) is 5.52. The molecule has 2 aromatic carbocycles. The van der Waals surface area contributed by atoms with Gasteiger partial charge >= 0.3 is 0 Å². The van der Waals surface area contributed by atoms with Gasteiger partial charge in [-0.2, -0.15) is 5.10 Å². The maximum Gasteiger partial charge on any atom is 0.223 e. The lowest BCUT2D eigenvalue weighted by Gasteiger charge is -2.32. The summed E-state index contributed by atoms with van der Waals surface area (Å²) in [5, 5.41) is 10.2. The van der Waals surface area contributed by atoms with E-state index in [1.807, 2.05) is 35.0 Å². The Morgan fingerprint density at radius 3 is 2.46 bits per heavy atom. The molecule has 1 atom stereocenters. The van der Waals surface area contributed by atoms with Crippen LogP contribution in [0.1, 0.15) is 29.7 Å². The molecule has 0 radical (unpaired) electrons. The van der Waals surface area contributed by atoms with Crippen LogP contribution in [0, 0.1) is 11.3 Å². The Kier molecular flexibility index (Phi) is 6.00. The van der Waals surface area contributed by atoms with E-state index < -0.39 is 0 Å². The molecule has 2 aliphatic rings. The van der Waals surface area contributed by atoms with Crippen LogP contribution in [0.4, 0.5) is 0 Å². The molecule has 4 aromatic rings. The second-order valence-electron chi connectivity index (χ2n) is 9.84. The summed E-state index contributed by atoms with van der Waals surface area (Å²) in [6, 6.07) is 24.9. The summed E-state index contributed by atoms with van der Waals surface area (Å²) >= 11 is 1.70. The zero-order valence-corrected chi connectivity index (χ0v) is 20.6. The quantitative estimate of drug-likeness (QED) is 0.377. The minimum Gasteiger partial charge on any atom is -0.351 e. The summed E-state index contributed by atoms with van der Waals surface area (Å²) in [5.74, 6) is 0.424. The first-order chi connectivity index (χ1) is 17.2. The number of nitrogens with zero attached hydrogens (tertiary/aromatic N) is 3. The van der Waals surface area contributed by atoms with Gasteiger partial charge in [0.2, 0.25) is 5.91 Å². The van der Waals surface area contributed by atoms with Gasteiger partial charge in [0.05, 0.1) is 17.9 Å². The van der Waals surface area contributed by atoms with Gasteiger partial charge in [0, 0.05) is 34.7 Å². The van der Waals surface area contributed by atoms with Crippen molar-refractivity contribution in [3.05, 3.63) is 94.8 Å². The first-order valence-corrected chi connectivity index (χ1v) is 13.3. The number of para-hydroxylation sites is 1. The summed E-state index contributed by atoms with van der Waals surface area (Å²) in [5.41, 5.74) is 4.73. The number of piperidine rings is 1. The average Bonchev–Trinajstić information content (AvgIpc) is 3.23. The van der Waals surface area contributed by atoms with E-state index in [0.29, 0.717) is 6.54 Å². The molecule has 2 fully saturated rings. The van der Waals surface area contributed by atoms with Gasteiger partial charge in [-0.3, -0.25) is 9.69 Å². The number of hydrogen-bond donors (Lipinski definition) is 1. The number of carbonyl (C=O) groups is 1. The van der Waals surface area contributed by atoms with Crippen molar-refractivity contribution in [3.63, 3.8) is 0 Å². The number of benzene rings is 2. The summed E-state index contributed by atoms with van der Waals surface area (Å²) in [4.78, 5) is 16.5. The van der Waals surface area contributed by atoms with Gasteiger partial charge in [-0.25, -0.2) is 4.68 Å². The smallest absolute Gasteiger partial charge is 0.223 e. The average molecular weight is 483 g/mol. The van der Waals surface area contributed by atoms with Gasteiger partial charge in [-0.1, -0.05) is 54.6 Å². The monoisotopic (exact) mass is 482 g/mol. The summed E-state index contributed by atoms with van der Waals surface area (Å²) in [6.45, 7) is 3.59. The SMILES string of the molecule is O=C(NCc1cccs1)C1CC12CCN(Cc1cn(-c3ccccc3)nc1-c1ccccc1)CC2. The predicted molar refractivity (Wildman–Crippen MR) is 140 cm³/mol. The third-order valence-corrected chi connectivity index (χ3v) is 8.50. The van der Waals surface area contributed by atoms with Crippen LogP contribution in [0.5, 0.6) is 0 Å². The number of thiophene rings is 1. The Bertz CT molecular complexity index is 1270. The van der Waals surface area contributed by atoms with Crippen molar-refractivity contribution in [1.29, 1.82) is 0 Å². The first kappa shape index (κ1) is 22.3. The number of rotatable bonds is 7. The minimum absolute atomic E-state index is 0.185. The maximum atomic E-state index is 12.8. The molecule has 6 heteroatoms. The Labute approximate surface area is 210 Å². The molecule has 1 unspecified atom stereocenters. The van der Waals surface area contributed by atoms with Crippen LogP contribution in [0.25, 0.3) is 16.9 Å². The third kappa shape index (κ3) is 4.68. The van der Waals surface area contributed by atoms with Gasteiger partial charge in [-0.05, 0) is 61.3 Å². The fraction of sp³-hybridized carbons (Fsp3) is 0.310. The summed E-state index contributed by atoms with van der Waals surface area (Å²) in [6.07, 6.45) is 5.41. The zero-order valence-electron chi connectivity index (χ0n) is 19.8. The largest absolute Gasteiger partial charge is 0.351 e. The van der Waals surface area contributed by atoms with E-state index in [1.54, 1.807) is 11.3 Å². The molecule has 6 rings (SSSR count). The number of hydrogen-bond acceptors (Lipinski definition) is 4. The van der Waals surface area contributed by atoms with Crippen LogP contribution in [0.2, 0.25) is 0 Å². The highest BCUT2D eigenvalue weighted by Gasteiger charge is 2.58. The molecular weight excluding hydrogens is 452 g/mol. The Hall–Kier alpha value is -3.22. The fourth-order valence-electron chi connectivity index (χ4n) is 5.46. The zero-order chi connectivity index (χ0) is 23.7. The number of nitrogens with one attached hydrogen (secondary N) is 1. The van der Waals surface area contributed by atoms with Crippen molar-refractivity contribution < 1.29 is 4.79 Å². The van der Waals surface area contributed by atoms with Crippen molar-refractivity contribution in [2.45, 2.75) is 32.4 Å². The van der Waals surface area contributed by atoms with Crippen LogP contribution in [0.15, 0.2) is 84.4 Å². The molecule has 1 N–H and O–H groups in total. The van der Waals surface area contributed by atoms with Gasteiger partial charge in [0.15, 0.2) is 0 Å². The topological polar surface area (TPSA) is 50.2 Å². The number of amides is 1. The normalized spacial score (nSPS) is 19.0. The Morgan fingerprint density at radius 1 is 1.00 bits per heavy atom. The van der Waals surface area contributed by atoms with E-state index in [4.69, 9.17) is 5.10 Å². The van der Waals surface area contributed by atoms with Crippen LogP contribution in [-0.2, 0) is 17.9 Å². The lowest BCUT2D eigenvalue weighted by molar-refractivity contribution is -0.123. The fourth-order valence-corrected chi connectivity index (χ4v) is 6.10. The van der Waals surface area contributed by atoms with Gasteiger partial charge in [0.25, 0.3) is 0 Å². The standard InChI is InChI=1S/C29H30N4OS/c34-28(30-19-25-12-7-17-35-25)26-18-29(26)13-15-32(16-14-29)20-23-21-33(24-10-5-2-6-11-24)31-27(23)22-8-3-1-4-9-22/h1-12,17,21,26H,13-16,18-20H2,(H,30,34). The molecule has 178 valence electrons. The van der Waals surface area contributed by atoms with Crippen LogP contribution < -0.4 is 5.32 Å². The molecule has 2 aromatic heterocycles. The molecule has 1 amide bonds. The molecule has 1 saturated carbocycles. The minimum atomic E-state index is 0.185. The highest BCUT2D eigenvalue weighted by Crippen LogP contribution is 2.59. The lowest BCUT2D eigenvalue weighted by Crippen LogP contribution is -2.36. The van der Waals surface area contributed by atoms with Gasteiger partial charge < -0.3 is 5.32 Å². The maximum absolute atomic E-state index is 12.8. The summed E-state index contributed by atoms with van der Waals surface area (Å²) < 4.78 is 2.00. The molecule has 0 bridgehead atoms. The lowest BCUT2D eigenvalue weighted by atomic mass is 9.90. The van der Waals surface area contributed by atoms with E-state index in [0.717, 1.165) is 55.8 Å². The third-order valence-electron chi connectivity index (χ3n) is 7.63. The van der Waals surface area contributed by atoms with Crippen molar-refractivity contribution in [3.8, 4) is 16.9 Å². The molecule has 1 aliphatic carbocycles. The molecule has 1 saturated heterocycles. The van der Waals surface area contributed by atoms with E-state index in [1.165, 1.54) is 10.4 Å². The van der Waals surface area contributed by atoms with Crippen molar-refractivity contribution >= 4 is 17.2 Å². The Morgan fingerprint density at radius 2 is 1.74 bits per heavy atom. The second kappa shape index (κ2) is 9.44. The van der Waals surface area contributed by atoms with Crippen molar-refractivity contribution in [2.24, 2.45) is 11.3 Å². The number of likely N-dealkylation sites (tertiary alicyclic amines) is 1. The highest BCUT2D eigenvalue weighted by molar-refractivity contribution is 7.09. The van der Waals surface area contributed by atoms with Gasteiger partial charge in [0.1, 0.15) is 0 Å². The van der Waals surface area contributed by atoms with Crippen molar-refractivity contribution in [1.82, 2.24) is 20.0 Å². The molecule has 35 heavy (non-hydrogen) atoms. The number of carbonyl (C=O) groups excluding carboxylic acids is 1. The molecule has 1 spiro atoms. The first-order valence-electron chi connectivity index (χ1n) is 12.4. The molecule has 3 heterocycles. The highest BCUT2D eigenvalue weighted by atomic mass is 32.1. The van der Waals surface area contributed by atoms with Crippen LogP contribution in [0.3, 0.4) is 0 Å². The summed E-state index contributed by atoms with van der Waals surface area (Å²) in [7, 11) is 0. The Balaban J connectivity index is 1.12. The molecule has 1 aliphatic heterocycles. The van der Waals surface area contributed by atoms with E-state index >= 15 is 0 Å². The van der Waals surface area contributed by atoms with Crippen LogP contribution >= 0.6 is 11.3 Å². The second-order valence-corrected chi connectivity index (χ2v) is 10.9. The van der Waals surface area contributed by atoms with Crippen molar-refractivity contribution in [2.75, 3.05) is 13.1 Å². The molecule has 5 nitrogen and oxygen atoms in total. The van der Waals surface area contributed by atoms with Crippen LogP contribution in [-0.4, -0.2) is 33.7 Å². The van der Waals surface area contributed by atoms with Gasteiger partial charge in [-0.15, -0.1) is 11.3 Å². The van der Waals surface area contributed by atoms with E-state index in [9.17, 15) is 4.79 Å². The molecular formula is C29H30N4OS.